The second-order valence-electron chi connectivity index (χ2n) is 3.15. The zero-order chi connectivity index (χ0) is 9.14. The number of rotatable bonds is 1. The third-order valence-electron chi connectivity index (χ3n) is 2.15. The Morgan fingerprint density at radius 1 is 1.15 bits per heavy atom. The number of hydrogen-bond donors (Lipinski definition) is 5. The predicted molar refractivity (Wildman–Crippen MR) is 48.8 cm³/mol. The molecule has 0 aromatic rings. The van der Waals surface area contributed by atoms with Gasteiger partial charge in [-0.25, -0.2) is 0 Å². The number of nitrogens with one attached hydrogen (secondary N) is 1. The number of hydrogen-bond acceptors (Lipinski definition) is 5. The minimum atomic E-state index is -1.12. The average Bonchev–Trinajstić information content (AvgIpc) is 2.19. The molecule has 1 heterocycles. The summed E-state index contributed by atoms with van der Waals surface area (Å²) >= 11 is 0. The van der Waals surface area contributed by atoms with Gasteiger partial charge < -0.3 is 25.7 Å². The van der Waals surface area contributed by atoms with E-state index in [-0.39, 0.29) is 38.0 Å². The third-order valence-corrected chi connectivity index (χ3v) is 2.15. The van der Waals surface area contributed by atoms with Crippen LogP contribution in [0.3, 0.4) is 0 Å². The Labute approximate surface area is 82.8 Å². The lowest BCUT2D eigenvalue weighted by Crippen LogP contribution is -2.39. The summed E-state index contributed by atoms with van der Waals surface area (Å²) < 4.78 is 0. The van der Waals surface area contributed by atoms with Crippen LogP contribution in [0.25, 0.3) is 0 Å². The van der Waals surface area contributed by atoms with E-state index in [9.17, 15) is 15.3 Å². The van der Waals surface area contributed by atoms with Crippen LogP contribution in [-0.2, 0) is 0 Å². The van der Waals surface area contributed by atoms with Gasteiger partial charge in [0, 0.05) is 12.6 Å². The molecule has 0 aliphatic carbocycles. The van der Waals surface area contributed by atoms with Crippen LogP contribution in [0.1, 0.15) is 6.42 Å². The second kappa shape index (κ2) is 5.74. The molecule has 0 bridgehead atoms. The molecule has 1 aliphatic rings. The summed E-state index contributed by atoms with van der Waals surface area (Å²) in [7, 11) is 0. The van der Waals surface area contributed by atoms with E-state index in [1.165, 1.54) is 0 Å². The van der Waals surface area contributed by atoms with Crippen molar-refractivity contribution in [2.75, 3.05) is 13.2 Å². The van der Waals surface area contributed by atoms with E-state index in [1.807, 2.05) is 0 Å². The highest BCUT2D eigenvalue weighted by Gasteiger charge is 2.30. The molecule has 0 unspecified atom stereocenters. The molecule has 0 amide bonds. The molecule has 5 nitrogen and oxygen atoms in total. The van der Waals surface area contributed by atoms with Gasteiger partial charge in [-0.2, -0.15) is 0 Å². The lowest BCUT2D eigenvalue weighted by molar-refractivity contribution is -0.0517. The minimum absolute atomic E-state index is 0. The van der Waals surface area contributed by atoms with Crippen molar-refractivity contribution in [2.45, 2.75) is 30.8 Å². The Morgan fingerprint density at radius 3 is 2.31 bits per heavy atom. The van der Waals surface area contributed by atoms with Gasteiger partial charge in [0.1, 0.15) is 6.10 Å². The van der Waals surface area contributed by atoms with Gasteiger partial charge in [0.15, 0.2) is 0 Å². The standard InChI is InChI=1S/C7H15NO4.ClH/c9-3-4-1-5(10)7(12)6(11)2-8-4;/h4-12H,1-3H2;1H/t4-,5-,6-,7+;/m1./s1. The Morgan fingerprint density at radius 2 is 1.77 bits per heavy atom. The van der Waals surface area contributed by atoms with Crippen LogP contribution in [0.2, 0.25) is 0 Å². The third kappa shape index (κ3) is 3.38. The molecule has 6 heteroatoms. The fourth-order valence-corrected chi connectivity index (χ4v) is 1.32. The molecule has 0 radical (unpaired) electrons. The van der Waals surface area contributed by atoms with Crippen LogP contribution in [0.15, 0.2) is 0 Å². The van der Waals surface area contributed by atoms with E-state index in [2.05, 4.69) is 5.32 Å². The maximum Gasteiger partial charge on any atom is 0.107 e. The summed E-state index contributed by atoms with van der Waals surface area (Å²) in [5.41, 5.74) is 0. The van der Waals surface area contributed by atoms with E-state index in [0.29, 0.717) is 0 Å². The fourth-order valence-electron chi connectivity index (χ4n) is 1.32. The molecule has 80 valence electrons. The highest BCUT2D eigenvalue weighted by Crippen LogP contribution is 2.10. The number of aliphatic hydroxyl groups excluding tert-OH is 4. The summed E-state index contributed by atoms with van der Waals surface area (Å²) in [5, 5.41) is 39.3. The largest absolute Gasteiger partial charge is 0.395 e. The van der Waals surface area contributed by atoms with E-state index in [4.69, 9.17) is 5.11 Å². The van der Waals surface area contributed by atoms with E-state index in [0.717, 1.165) is 0 Å². The van der Waals surface area contributed by atoms with Crippen molar-refractivity contribution in [1.29, 1.82) is 0 Å². The van der Waals surface area contributed by atoms with Gasteiger partial charge in [0.05, 0.1) is 18.8 Å². The first-order valence-electron chi connectivity index (χ1n) is 4.03. The summed E-state index contributed by atoms with van der Waals surface area (Å²) in [6.07, 6.45) is -2.79. The van der Waals surface area contributed by atoms with Gasteiger partial charge in [-0.05, 0) is 6.42 Å². The molecule has 1 saturated heterocycles. The smallest absolute Gasteiger partial charge is 0.107 e. The van der Waals surface area contributed by atoms with E-state index < -0.39 is 18.3 Å². The molecule has 0 spiro atoms. The van der Waals surface area contributed by atoms with Gasteiger partial charge in [0.25, 0.3) is 0 Å². The number of aliphatic hydroxyl groups is 4. The van der Waals surface area contributed by atoms with Crippen LogP contribution in [0.5, 0.6) is 0 Å². The van der Waals surface area contributed by atoms with Gasteiger partial charge >= 0.3 is 0 Å². The Bertz CT molecular complexity index is 148. The normalized spacial score (nSPS) is 40.6. The van der Waals surface area contributed by atoms with Crippen LogP contribution < -0.4 is 5.32 Å². The summed E-state index contributed by atoms with van der Waals surface area (Å²) in [6, 6.07) is -0.244. The molecular formula is C7H16ClNO4. The number of halogens is 1. The molecule has 1 rings (SSSR count). The first kappa shape index (κ1) is 13.1. The summed E-state index contributed by atoms with van der Waals surface area (Å²) in [4.78, 5) is 0. The van der Waals surface area contributed by atoms with Crippen molar-refractivity contribution in [2.24, 2.45) is 0 Å². The summed E-state index contributed by atoms with van der Waals surface area (Å²) in [6.45, 7) is 0.0972. The van der Waals surface area contributed by atoms with Crippen molar-refractivity contribution in [3.8, 4) is 0 Å². The maximum absolute atomic E-state index is 9.27. The topological polar surface area (TPSA) is 93.0 Å². The molecule has 1 fully saturated rings. The van der Waals surface area contributed by atoms with Gasteiger partial charge in [-0.15, -0.1) is 12.4 Å². The van der Waals surface area contributed by atoms with Gasteiger partial charge in [-0.1, -0.05) is 0 Å². The molecule has 13 heavy (non-hydrogen) atoms. The zero-order valence-corrected chi connectivity index (χ0v) is 7.94. The van der Waals surface area contributed by atoms with E-state index >= 15 is 0 Å². The quantitative estimate of drug-likeness (QED) is 0.342. The molecular weight excluding hydrogens is 198 g/mol. The van der Waals surface area contributed by atoms with Crippen molar-refractivity contribution in [3.05, 3.63) is 0 Å². The predicted octanol–water partition coefficient (Wildman–Crippen LogP) is -2.15. The van der Waals surface area contributed by atoms with E-state index in [1.54, 1.807) is 0 Å². The Hall–Kier alpha value is 0.0900. The average molecular weight is 214 g/mol. The SMILES string of the molecule is Cl.OC[C@H]1C[C@@H](O)[C@H](O)[C@H](O)CN1. The number of β-amino-alcohol motifs (C(OH)–C–C–N with tert-alkyl or cyclic N) is 1. The lowest BCUT2D eigenvalue weighted by atomic mass is 10.0. The first-order chi connectivity index (χ1) is 5.65. The Kier molecular flexibility index (Phi) is 5.78. The molecule has 0 aromatic heterocycles. The van der Waals surface area contributed by atoms with Crippen LogP contribution in [0, 0.1) is 0 Å². The fraction of sp³-hybridized carbons (Fsp3) is 1.00. The highest BCUT2D eigenvalue weighted by atomic mass is 35.5. The highest BCUT2D eigenvalue weighted by molar-refractivity contribution is 5.85. The van der Waals surface area contributed by atoms with Crippen LogP contribution >= 0.6 is 12.4 Å². The van der Waals surface area contributed by atoms with Crippen molar-refractivity contribution >= 4 is 12.4 Å². The molecule has 0 aromatic carbocycles. The molecule has 1 aliphatic heterocycles. The van der Waals surface area contributed by atoms with Crippen molar-refractivity contribution < 1.29 is 20.4 Å². The molecule has 5 N–H and O–H groups in total. The lowest BCUT2D eigenvalue weighted by Gasteiger charge is -2.18. The van der Waals surface area contributed by atoms with Crippen LogP contribution in [-0.4, -0.2) is 57.9 Å². The summed E-state index contributed by atoms with van der Waals surface area (Å²) in [5.74, 6) is 0. The van der Waals surface area contributed by atoms with Gasteiger partial charge in [0.2, 0.25) is 0 Å². The monoisotopic (exact) mass is 213 g/mol. The molecule has 4 atom stereocenters. The second-order valence-corrected chi connectivity index (χ2v) is 3.15. The molecule has 0 saturated carbocycles. The maximum atomic E-state index is 9.27. The Balaban J connectivity index is 0.00000144. The van der Waals surface area contributed by atoms with Crippen molar-refractivity contribution in [1.82, 2.24) is 5.32 Å². The minimum Gasteiger partial charge on any atom is -0.395 e. The van der Waals surface area contributed by atoms with Crippen LogP contribution in [0.4, 0.5) is 0 Å². The first-order valence-corrected chi connectivity index (χ1v) is 4.03. The van der Waals surface area contributed by atoms with Gasteiger partial charge in [-0.3, -0.25) is 0 Å². The van der Waals surface area contributed by atoms with Crippen molar-refractivity contribution in [3.63, 3.8) is 0 Å². The zero-order valence-electron chi connectivity index (χ0n) is 7.13.